The molecule has 0 radical (unpaired) electrons. The molecular weight excluding hydrogens is 402 g/mol. The van der Waals surface area contributed by atoms with Crippen LogP contribution in [0.4, 0.5) is 4.79 Å². The SMILES string of the molecule is CC(C)(C)OC(=O)NCCCCOc1cc(Br)cc(Br)c1. The van der Waals surface area contributed by atoms with Gasteiger partial charge in [-0.25, -0.2) is 4.79 Å². The van der Waals surface area contributed by atoms with Crippen molar-refractivity contribution in [3.63, 3.8) is 0 Å². The lowest BCUT2D eigenvalue weighted by molar-refractivity contribution is 0.0526. The van der Waals surface area contributed by atoms with Crippen LogP contribution in [0.25, 0.3) is 0 Å². The normalized spacial score (nSPS) is 11.1. The van der Waals surface area contributed by atoms with Gasteiger partial charge in [-0.15, -0.1) is 0 Å². The van der Waals surface area contributed by atoms with Gasteiger partial charge in [0, 0.05) is 15.5 Å². The van der Waals surface area contributed by atoms with Crippen LogP contribution in [0.15, 0.2) is 27.1 Å². The highest BCUT2D eigenvalue weighted by molar-refractivity contribution is 9.11. The van der Waals surface area contributed by atoms with Crippen molar-refractivity contribution >= 4 is 38.0 Å². The van der Waals surface area contributed by atoms with Crippen LogP contribution in [0.1, 0.15) is 33.6 Å². The molecule has 0 unspecified atom stereocenters. The van der Waals surface area contributed by atoms with Gasteiger partial charge >= 0.3 is 6.09 Å². The number of nitrogens with one attached hydrogen (secondary N) is 1. The molecule has 0 bridgehead atoms. The summed E-state index contributed by atoms with van der Waals surface area (Å²) in [6, 6.07) is 5.80. The van der Waals surface area contributed by atoms with Crippen molar-refractivity contribution in [3.8, 4) is 5.75 Å². The van der Waals surface area contributed by atoms with Crippen molar-refractivity contribution in [3.05, 3.63) is 27.1 Å². The van der Waals surface area contributed by atoms with E-state index >= 15 is 0 Å². The van der Waals surface area contributed by atoms with Gasteiger partial charge < -0.3 is 14.8 Å². The molecule has 0 spiro atoms. The first kappa shape index (κ1) is 18.3. The number of unbranched alkanes of at least 4 members (excludes halogenated alkanes) is 1. The van der Waals surface area contributed by atoms with Crippen LogP contribution in [0.2, 0.25) is 0 Å². The van der Waals surface area contributed by atoms with Gasteiger partial charge in [-0.1, -0.05) is 31.9 Å². The molecule has 118 valence electrons. The van der Waals surface area contributed by atoms with Gasteiger partial charge in [0.15, 0.2) is 0 Å². The van der Waals surface area contributed by atoms with E-state index in [0.717, 1.165) is 27.5 Å². The Morgan fingerprint density at radius 3 is 2.33 bits per heavy atom. The molecule has 0 aromatic heterocycles. The number of hydrogen-bond donors (Lipinski definition) is 1. The number of benzene rings is 1. The quantitative estimate of drug-likeness (QED) is 0.663. The van der Waals surface area contributed by atoms with Crippen LogP contribution >= 0.6 is 31.9 Å². The second kappa shape index (κ2) is 8.63. The molecule has 1 aromatic rings. The summed E-state index contributed by atoms with van der Waals surface area (Å²) in [7, 11) is 0. The molecule has 0 saturated heterocycles. The van der Waals surface area contributed by atoms with E-state index in [0.29, 0.717) is 13.2 Å². The minimum atomic E-state index is -0.457. The third kappa shape index (κ3) is 8.98. The maximum absolute atomic E-state index is 11.4. The summed E-state index contributed by atoms with van der Waals surface area (Å²) in [4.78, 5) is 11.4. The van der Waals surface area contributed by atoms with Gasteiger partial charge in [0.05, 0.1) is 6.61 Å². The molecule has 4 nitrogen and oxygen atoms in total. The van der Waals surface area contributed by atoms with E-state index in [2.05, 4.69) is 37.2 Å². The van der Waals surface area contributed by atoms with Crippen molar-refractivity contribution in [2.75, 3.05) is 13.2 Å². The lowest BCUT2D eigenvalue weighted by atomic mass is 10.2. The van der Waals surface area contributed by atoms with Crippen molar-refractivity contribution in [2.24, 2.45) is 0 Å². The molecule has 0 atom stereocenters. The molecule has 0 heterocycles. The number of rotatable bonds is 6. The van der Waals surface area contributed by atoms with Crippen LogP contribution in [0, 0.1) is 0 Å². The summed E-state index contributed by atoms with van der Waals surface area (Å²) in [6.07, 6.45) is 1.33. The second-order valence-corrected chi connectivity index (χ2v) is 7.42. The number of ether oxygens (including phenoxy) is 2. The zero-order valence-electron chi connectivity index (χ0n) is 12.5. The van der Waals surface area contributed by atoms with Crippen LogP contribution in [-0.4, -0.2) is 24.8 Å². The van der Waals surface area contributed by atoms with E-state index in [1.54, 1.807) is 0 Å². The minimum absolute atomic E-state index is 0.376. The van der Waals surface area contributed by atoms with Crippen LogP contribution in [0.3, 0.4) is 0 Å². The first-order valence-electron chi connectivity index (χ1n) is 6.82. The van der Waals surface area contributed by atoms with Gasteiger partial charge in [-0.05, 0) is 51.8 Å². The Morgan fingerprint density at radius 1 is 1.14 bits per heavy atom. The van der Waals surface area contributed by atoms with Crippen LogP contribution in [-0.2, 0) is 4.74 Å². The largest absolute Gasteiger partial charge is 0.494 e. The zero-order valence-corrected chi connectivity index (χ0v) is 15.7. The Bertz CT molecular complexity index is 452. The maximum atomic E-state index is 11.4. The first-order chi connectivity index (χ1) is 9.76. The van der Waals surface area contributed by atoms with Gasteiger partial charge in [0.25, 0.3) is 0 Å². The van der Waals surface area contributed by atoms with Crippen LogP contribution < -0.4 is 10.1 Å². The second-order valence-electron chi connectivity index (χ2n) is 5.59. The van der Waals surface area contributed by atoms with E-state index in [1.807, 2.05) is 39.0 Å². The molecular formula is C15H21Br2NO3. The molecule has 0 saturated carbocycles. The smallest absolute Gasteiger partial charge is 0.407 e. The lowest BCUT2D eigenvalue weighted by Gasteiger charge is -2.19. The van der Waals surface area contributed by atoms with E-state index in [9.17, 15) is 4.79 Å². The molecule has 1 amide bonds. The van der Waals surface area contributed by atoms with Gasteiger partial charge in [-0.3, -0.25) is 0 Å². The average molecular weight is 423 g/mol. The Kier molecular flexibility index (Phi) is 7.52. The Hall–Kier alpha value is -0.750. The number of carbonyl (C=O) groups is 1. The highest BCUT2D eigenvalue weighted by atomic mass is 79.9. The number of hydrogen-bond acceptors (Lipinski definition) is 3. The van der Waals surface area contributed by atoms with Crippen molar-refractivity contribution in [1.82, 2.24) is 5.32 Å². The highest BCUT2D eigenvalue weighted by Gasteiger charge is 2.15. The summed E-state index contributed by atoms with van der Waals surface area (Å²) in [5, 5.41) is 2.72. The maximum Gasteiger partial charge on any atom is 0.407 e. The molecule has 0 aliphatic carbocycles. The van der Waals surface area contributed by atoms with Gasteiger partial charge in [0.2, 0.25) is 0 Å². The number of carbonyl (C=O) groups excluding carboxylic acids is 1. The Balaban J connectivity index is 2.13. The summed E-state index contributed by atoms with van der Waals surface area (Å²) in [5.74, 6) is 0.816. The fraction of sp³-hybridized carbons (Fsp3) is 0.533. The number of alkyl carbamates (subject to hydrolysis) is 1. The Labute approximate surface area is 142 Å². The van der Waals surface area contributed by atoms with Crippen molar-refractivity contribution in [1.29, 1.82) is 0 Å². The monoisotopic (exact) mass is 421 g/mol. The zero-order chi connectivity index (χ0) is 15.9. The van der Waals surface area contributed by atoms with E-state index in [-0.39, 0.29) is 6.09 Å². The molecule has 0 fully saturated rings. The highest BCUT2D eigenvalue weighted by Crippen LogP contribution is 2.24. The predicted molar refractivity (Wildman–Crippen MR) is 90.8 cm³/mol. The van der Waals surface area contributed by atoms with E-state index in [4.69, 9.17) is 9.47 Å². The van der Waals surface area contributed by atoms with Crippen molar-refractivity contribution in [2.45, 2.75) is 39.2 Å². The number of halogens is 2. The van der Waals surface area contributed by atoms with Crippen molar-refractivity contribution < 1.29 is 14.3 Å². The molecule has 1 rings (SSSR count). The summed E-state index contributed by atoms with van der Waals surface area (Å²) >= 11 is 6.83. The number of amides is 1. The average Bonchev–Trinajstić information content (AvgIpc) is 2.30. The first-order valence-corrected chi connectivity index (χ1v) is 8.40. The molecule has 0 aliphatic rings. The van der Waals surface area contributed by atoms with Gasteiger partial charge in [-0.2, -0.15) is 0 Å². The van der Waals surface area contributed by atoms with E-state index in [1.165, 1.54) is 0 Å². The Morgan fingerprint density at radius 2 is 1.76 bits per heavy atom. The molecule has 1 N–H and O–H groups in total. The van der Waals surface area contributed by atoms with E-state index < -0.39 is 5.60 Å². The summed E-state index contributed by atoms with van der Waals surface area (Å²) in [5.41, 5.74) is -0.457. The molecule has 6 heteroatoms. The topological polar surface area (TPSA) is 47.6 Å². The lowest BCUT2D eigenvalue weighted by Crippen LogP contribution is -2.33. The standard InChI is InChI=1S/C15H21Br2NO3/c1-15(2,3)21-14(19)18-6-4-5-7-20-13-9-11(16)8-12(17)10-13/h8-10H,4-7H2,1-3H3,(H,18,19). The summed E-state index contributed by atoms with van der Waals surface area (Å²) in [6.45, 7) is 6.73. The fourth-order valence-electron chi connectivity index (χ4n) is 1.53. The molecule has 0 aliphatic heterocycles. The third-order valence-corrected chi connectivity index (χ3v) is 3.26. The fourth-order valence-corrected chi connectivity index (χ4v) is 2.79. The molecule has 1 aromatic carbocycles. The minimum Gasteiger partial charge on any atom is -0.494 e. The van der Waals surface area contributed by atoms with Gasteiger partial charge in [0.1, 0.15) is 11.4 Å². The molecule has 21 heavy (non-hydrogen) atoms. The third-order valence-electron chi connectivity index (χ3n) is 2.34. The summed E-state index contributed by atoms with van der Waals surface area (Å²) < 4.78 is 12.7. The predicted octanol–water partition coefficient (Wildman–Crippen LogP) is 4.90. The van der Waals surface area contributed by atoms with Crippen LogP contribution in [0.5, 0.6) is 5.75 Å².